The molecule has 122 valence electrons. The smallest absolute Gasteiger partial charge is 0.267 e. The Morgan fingerprint density at radius 3 is 2.67 bits per heavy atom. The van der Waals surface area contributed by atoms with Crippen LogP contribution in [0.15, 0.2) is 60.4 Å². The standard InChI is InChI=1S/C19H20N4O/c1-2-3-6-15-8-10-17(11-9-15)23-19(24)16(13-20)14-22-18-7-4-5-12-21-18/h4-5,7-12,14H,2-3,6H2,1H3,(H,21,22)(H,23,24)/b16-14-. The van der Waals surface area contributed by atoms with Gasteiger partial charge in [-0.1, -0.05) is 31.5 Å². The molecule has 2 aromatic rings. The number of pyridine rings is 1. The van der Waals surface area contributed by atoms with Gasteiger partial charge in [-0.05, 0) is 42.7 Å². The lowest BCUT2D eigenvalue weighted by atomic mass is 10.1. The van der Waals surface area contributed by atoms with E-state index in [1.807, 2.05) is 36.4 Å². The lowest BCUT2D eigenvalue weighted by Gasteiger charge is -2.06. The van der Waals surface area contributed by atoms with Gasteiger partial charge >= 0.3 is 0 Å². The summed E-state index contributed by atoms with van der Waals surface area (Å²) in [5.41, 5.74) is 1.89. The number of benzene rings is 1. The molecule has 0 saturated carbocycles. The molecule has 5 nitrogen and oxygen atoms in total. The summed E-state index contributed by atoms with van der Waals surface area (Å²) in [6.07, 6.45) is 6.31. The number of hydrogen-bond acceptors (Lipinski definition) is 4. The van der Waals surface area contributed by atoms with Crippen molar-refractivity contribution in [2.45, 2.75) is 26.2 Å². The van der Waals surface area contributed by atoms with Crippen molar-refractivity contribution in [3.05, 3.63) is 66.0 Å². The third-order valence-corrected chi connectivity index (χ3v) is 3.43. The predicted molar refractivity (Wildman–Crippen MR) is 95.2 cm³/mol. The van der Waals surface area contributed by atoms with Crippen molar-refractivity contribution >= 4 is 17.4 Å². The number of aromatic nitrogens is 1. The van der Waals surface area contributed by atoms with Crippen molar-refractivity contribution < 1.29 is 4.79 Å². The van der Waals surface area contributed by atoms with Gasteiger partial charge in [-0.2, -0.15) is 5.26 Å². The van der Waals surface area contributed by atoms with Crippen molar-refractivity contribution in [2.24, 2.45) is 0 Å². The molecule has 2 rings (SSSR count). The number of nitriles is 1. The summed E-state index contributed by atoms with van der Waals surface area (Å²) in [6, 6.07) is 14.9. The number of nitrogens with one attached hydrogen (secondary N) is 2. The van der Waals surface area contributed by atoms with Crippen LogP contribution in [0.1, 0.15) is 25.3 Å². The van der Waals surface area contributed by atoms with E-state index in [0.717, 1.165) is 19.3 Å². The van der Waals surface area contributed by atoms with Crippen LogP contribution in [0.2, 0.25) is 0 Å². The Morgan fingerprint density at radius 2 is 2.04 bits per heavy atom. The molecule has 0 bridgehead atoms. The fraction of sp³-hybridized carbons (Fsp3) is 0.211. The molecule has 24 heavy (non-hydrogen) atoms. The van der Waals surface area contributed by atoms with Crippen LogP contribution in [0.5, 0.6) is 0 Å². The molecule has 0 aliphatic rings. The van der Waals surface area contributed by atoms with Crippen LogP contribution in [0, 0.1) is 11.3 Å². The second-order valence-corrected chi connectivity index (χ2v) is 5.28. The van der Waals surface area contributed by atoms with Gasteiger partial charge in [0.15, 0.2) is 0 Å². The maximum Gasteiger partial charge on any atom is 0.267 e. The highest BCUT2D eigenvalue weighted by Crippen LogP contribution is 2.13. The number of anilines is 2. The van der Waals surface area contributed by atoms with Gasteiger partial charge in [-0.15, -0.1) is 0 Å². The molecule has 0 fully saturated rings. The fourth-order valence-electron chi connectivity index (χ4n) is 2.08. The molecular formula is C19H20N4O. The van der Waals surface area contributed by atoms with Crippen molar-refractivity contribution in [1.29, 1.82) is 5.26 Å². The van der Waals surface area contributed by atoms with E-state index >= 15 is 0 Å². The van der Waals surface area contributed by atoms with E-state index in [1.54, 1.807) is 18.3 Å². The Kier molecular flexibility index (Phi) is 6.54. The minimum absolute atomic E-state index is 0.0179. The highest BCUT2D eigenvalue weighted by molar-refractivity contribution is 6.06. The second-order valence-electron chi connectivity index (χ2n) is 5.28. The molecule has 0 spiro atoms. The van der Waals surface area contributed by atoms with Crippen molar-refractivity contribution in [2.75, 3.05) is 10.6 Å². The topological polar surface area (TPSA) is 77.8 Å². The average Bonchev–Trinajstić information content (AvgIpc) is 2.62. The van der Waals surface area contributed by atoms with E-state index in [-0.39, 0.29) is 5.57 Å². The van der Waals surface area contributed by atoms with Crippen LogP contribution in [0.25, 0.3) is 0 Å². The summed E-state index contributed by atoms with van der Waals surface area (Å²) in [5.74, 6) is 0.112. The SMILES string of the molecule is CCCCc1ccc(NC(=O)/C(C#N)=C\Nc2ccccn2)cc1. The molecule has 1 aromatic heterocycles. The molecule has 0 saturated heterocycles. The Labute approximate surface area is 142 Å². The summed E-state index contributed by atoms with van der Waals surface area (Å²) in [6.45, 7) is 2.16. The predicted octanol–water partition coefficient (Wildman–Crippen LogP) is 3.88. The number of rotatable bonds is 7. The number of unbranched alkanes of at least 4 members (excludes halogenated alkanes) is 1. The van der Waals surface area contributed by atoms with E-state index in [2.05, 4.69) is 22.5 Å². The lowest BCUT2D eigenvalue weighted by Crippen LogP contribution is -2.14. The molecule has 0 unspecified atom stereocenters. The van der Waals surface area contributed by atoms with Gasteiger partial charge in [0.1, 0.15) is 17.5 Å². The number of amides is 1. The van der Waals surface area contributed by atoms with Crippen LogP contribution < -0.4 is 10.6 Å². The van der Waals surface area contributed by atoms with Crippen molar-refractivity contribution in [1.82, 2.24) is 4.98 Å². The average molecular weight is 320 g/mol. The minimum atomic E-state index is -0.456. The highest BCUT2D eigenvalue weighted by atomic mass is 16.1. The molecule has 0 atom stereocenters. The van der Waals surface area contributed by atoms with E-state index < -0.39 is 5.91 Å². The number of aryl methyl sites for hydroxylation is 1. The van der Waals surface area contributed by atoms with E-state index in [0.29, 0.717) is 11.5 Å². The third-order valence-electron chi connectivity index (χ3n) is 3.43. The van der Waals surface area contributed by atoms with Gasteiger partial charge in [0.05, 0.1) is 0 Å². The van der Waals surface area contributed by atoms with E-state index in [4.69, 9.17) is 5.26 Å². The molecule has 1 amide bonds. The molecule has 1 heterocycles. The van der Waals surface area contributed by atoms with Crippen LogP contribution in [-0.2, 0) is 11.2 Å². The maximum atomic E-state index is 12.2. The number of nitrogens with zero attached hydrogens (tertiary/aromatic N) is 2. The first-order valence-electron chi connectivity index (χ1n) is 7.91. The van der Waals surface area contributed by atoms with Crippen molar-refractivity contribution in [3.8, 4) is 6.07 Å². The van der Waals surface area contributed by atoms with Crippen LogP contribution >= 0.6 is 0 Å². The number of hydrogen-bond donors (Lipinski definition) is 2. The lowest BCUT2D eigenvalue weighted by molar-refractivity contribution is -0.112. The normalized spacial score (nSPS) is 10.8. The summed E-state index contributed by atoms with van der Waals surface area (Å²) in [5, 5.41) is 14.7. The van der Waals surface area contributed by atoms with E-state index in [9.17, 15) is 4.79 Å². The van der Waals surface area contributed by atoms with Gasteiger partial charge in [0.25, 0.3) is 5.91 Å². The van der Waals surface area contributed by atoms with Gasteiger partial charge in [-0.3, -0.25) is 4.79 Å². The monoisotopic (exact) mass is 320 g/mol. The molecule has 0 aliphatic heterocycles. The Hall–Kier alpha value is -3.13. The minimum Gasteiger partial charge on any atom is -0.345 e. The Bertz CT molecular complexity index is 730. The summed E-state index contributed by atoms with van der Waals surface area (Å²) >= 11 is 0. The van der Waals surface area contributed by atoms with Crippen LogP contribution in [0.3, 0.4) is 0 Å². The largest absolute Gasteiger partial charge is 0.345 e. The number of carbonyl (C=O) groups excluding carboxylic acids is 1. The van der Waals surface area contributed by atoms with Gasteiger partial charge in [0, 0.05) is 18.1 Å². The van der Waals surface area contributed by atoms with Gasteiger partial charge < -0.3 is 10.6 Å². The zero-order valence-electron chi connectivity index (χ0n) is 13.6. The third kappa shape index (κ3) is 5.25. The first kappa shape index (κ1) is 17.2. The molecule has 0 radical (unpaired) electrons. The van der Waals surface area contributed by atoms with Crippen LogP contribution in [-0.4, -0.2) is 10.9 Å². The second kappa shape index (κ2) is 9.11. The van der Waals surface area contributed by atoms with Crippen molar-refractivity contribution in [3.63, 3.8) is 0 Å². The zero-order chi connectivity index (χ0) is 17.2. The van der Waals surface area contributed by atoms with E-state index in [1.165, 1.54) is 11.8 Å². The molecule has 0 aliphatic carbocycles. The molecule has 2 N–H and O–H groups in total. The molecule has 5 heteroatoms. The van der Waals surface area contributed by atoms with Crippen LogP contribution in [0.4, 0.5) is 11.5 Å². The Morgan fingerprint density at radius 1 is 1.25 bits per heavy atom. The zero-order valence-corrected chi connectivity index (χ0v) is 13.6. The van der Waals surface area contributed by atoms with Gasteiger partial charge in [0.2, 0.25) is 0 Å². The maximum absolute atomic E-state index is 12.2. The first-order valence-corrected chi connectivity index (χ1v) is 7.91. The first-order chi connectivity index (χ1) is 11.7. The molecular weight excluding hydrogens is 300 g/mol. The summed E-state index contributed by atoms with van der Waals surface area (Å²) in [4.78, 5) is 16.2. The number of carbonyl (C=O) groups is 1. The Balaban J connectivity index is 1.97. The highest BCUT2D eigenvalue weighted by Gasteiger charge is 2.09. The summed E-state index contributed by atoms with van der Waals surface area (Å²) < 4.78 is 0. The van der Waals surface area contributed by atoms with Gasteiger partial charge in [-0.25, -0.2) is 4.98 Å². The molecule has 1 aromatic carbocycles. The fourth-order valence-corrected chi connectivity index (χ4v) is 2.08. The summed E-state index contributed by atoms with van der Waals surface area (Å²) in [7, 11) is 0. The quantitative estimate of drug-likeness (QED) is 0.599.